The van der Waals surface area contributed by atoms with Gasteiger partial charge in [-0.15, -0.1) is 0 Å². The maximum absolute atomic E-state index is 14.9. The van der Waals surface area contributed by atoms with Crippen LogP contribution in [-0.2, 0) is 20.9 Å². The van der Waals surface area contributed by atoms with Gasteiger partial charge in [0.15, 0.2) is 0 Å². The van der Waals surface area contributed by atoms with E-state index in [0.717, 1.165) is 0 Å². The lowest BCUT2D eigenvalue weighted by Crippen LogP contribution is -2.52. The highest BCUT2D eigenvalue weighted by Gasteiger charge is 2.40. The number of rotatable bonds is 4. The monoisotopic (exact) mass is 416 g/mol. The quantitative estimate of drug-likeness (QED) is 0.697. The van der Waals surface area contributed by atoms with Crippen molar-refractivity contribution in [2.45, 2.75) is 44.2 Å². The number of likely N-dealkylation sites (N-methyl/N-ethyl adjacent to an activating group) is 1. The molecule has 3 aliphatic rings. The molecule has 1 unspecified atom stereocenters. The van der Waals surface area contributed by atoms with E-state index in [4.69, 9.17) is 0 Å². The van der Waals surface area contributed by atoms with Crippen LogP contribution < -0.4 is 10.6 Å². The first-order valence-electron chi connectivity index (χ1n) is 10.3. The number of halogens is 1. The van der Waals surface area contributed by atoms with Crippen molar-refractivity contribution in [3.8, 4) is 0 Å². The summed E-state index contributed by atoms with van der Waals surface area (Å²) in [5.41, 5.74) is 1.55. The normalized spacial score (nSPS) is 22.3. The van der Waals surface area contributed by atoms with Gasteiger partial charge in [-0.25, -0.2) is 4.39 Å². The molecule has 4 amide bonds. The summed E-state index contributed by atoms with van der Waals surface area (Å²) < 4.78 is 14.9. The first-order valence-corrected chi connectivity index (χ1v) is 10.3. The zero-order chi connectivity index (χ0) is 21.4. The van der Waals surface area contributed by atoms with E-state index >= 15 is 0 Å². The predicted octanol–water partition coefficient (Wildman–Crippen LogP) is 0.512. The number of imide groups is 1. The summed E-state index contributed by atoms with van der Waals surface area (Å²) in [6, 6.07) is 2.30. The zero-order valence-electron chi connectivity index (χ0n) is 16.9. The molecule has 30 heavy (non-hydrogen) atoms. The molecule has 9 heteroatoms. The molecule has 3 heterocycles. The fourth-order valence-electron chi connectivity index (χ4n) is 4.62. The van der Waals surface area contributed by atoms with Crippen molar-refractivity contribution in [1.29, 1.82) is 0 Å². The Kier molecular flexibility index (Phi) is 5.55. The molecule has 0 saturated carbocycles. The van der Waals surface area contributed by atoms with Crippen molar-refractivity contribution in [3.05, 3.63) is 34.6 Å². The van der Waals surface area contributed by atoms with Crippen LogP contribution in [0.2, 0.25) is 0 Å². The van der Waals surface area contributed by atoms with Gasteiger partial charge in [0.25, 0.3) is 5.91 Å². The van der Waals surface area contributed by atoms with E-state index in [-0.39, 0.29) is 55.1 Å². The molecule has 2 fully saturated rings. The molecular weight excluding hydrogens is 391 g/mol. The van der Waals surface area contributed by atoms with Crippen LogP contribution in [-0.4, -0.2) is 66.2 Å². The van der Waals surface area contributed by atoms with Crippen LogP contribution in [0.5, 0.6) is 0 Å². The number of nitrogens with one attached hydrogen (secondary N) is 2. The standard InChI is InChI=1S/C21H25FN4O4/c1-23-10-19(28)25-6-4-12(5-7-25)14-8-13-11-26(21(30)15(13)9-16(14)22)17-2-3-18(27)24-20(17)29/h8-9,12,17,23H,2-7,10-11H2,1H3,(H,24,27,29). The summed E-state index contributed by atoms with van der Waals surface area (Å²) in [7, 11) is 1.73. The minimum atomic E-state index is -0.712. The summed E-state index contributed by atoms with van der Waals surface area (Å²) in [6.45, 7) is 1.66. The summed E-state index contributed by atoms with van der Waals surface area (Å²) in [5, 5.41) is 5.12. The Hall–Kier alpha value is -2.81. The van der Waals surface area contributed by atoms with Crippen LogP contribution in [0, 0.1) is 5.82 Å². The second-order valence-electron chi connectivity index (χ2n) is 8.12. The van der Waals surface area contributed by atoms with Crippen molar-refractivity contribution >= 4 is 23.6 Å². The summed E-state index contributed by atoms with van der Waals surface area (Å²) in [5.74, 6) is -1.60. The maximum atomic E-state index is 14.9. The highest BCUT2D eigenvalue weighted by atomic mass is 19.1. The van der Waals surface area contributed by atoms with Crippen LogP contribution >= 0.6 is 0 Å². The summed E-state index contributed by atoms with van der Waals surface area (Å²) in [6.07, 6.45) is 1.78. The van der Waals surface area contributed by atoms with Gasteiger partial charge in [0, 0.05) is 31.6 Å². The third-order valence-electron chi connectivity index (χ3n) is 6.26. The SMILES string of the molecule is CNCC(=O)N1CCC(c2cc3c(cc2F)C(=O)N(C2CCC(=O)NC2=O)C3)CC1. The molecule has 1 aromatic carbocycles. The fourth-order valence-corrected chi connectivity index (χ4v) is 4.62. The Morgan fingerprint density at radius 2 is 1.93 bits per heavy atom. The molecule has 0 radical (unpaired) electrons. The van der Waals surface area contributed by atoms with Crippen LogP contribution in [0.1, 0.15) is 53.1 Å². The van der Waals surface area contributed by atoms with Crippen LogP contribution in [0.15, 0.2) is 12.1 Å². The fraction of sp³-hybridized carbons (Fsp3) is 0.524. The molecule has 2 saturated heterocycles. The van der Waals surface area contributed by atoms with E-state index in [0.29, 0.717) is 37.1 Å². The Labute approximate surface area is 173 Å². The number of fused-ring (bicyclic) bond motifs is 1. The summed E-state index contributed by atoms with van der Waals surface area (Å²) >= 11 is 0. The predicted molar refractivity (Wildman–Crippen MR) is 105 cm³/mol. The van der Waals surface area contributed by atoms with Crippen molar-refractivity contribution < 1.29 is 23.6 Å². The van der Waals surface area contributed by atoms with Gasteiger partial charge in [0.1, 0.15) is 11.9 Å². The van der Waals surface area contributed by atoms with Crippen LogP contribution in [0.4, 0.5) is 4.39 Å². The maximum Gasteiger partial charge on any atom is 0.255 e. The highest BCUT2D eigenvalue weighted by Crippen LogP contribution is 2.35. The molecule has 0 aromatic heterocycles. The van der Waals surface area contributed by atoms with E-state index < -0.39 is 17.8 Å². The Bertz CT molecular complexity index is 911. The molecule has 2 N–H and O–H groups in total. The van der Waals surface area contributed by atoms with Gasteiger partial charge in [-0.2, -0.15) is 0 Å². The van der Waals surface area contributed by atoms with Crippen molar-refractivity contribution in [1.82, 2.24) is 20.4 Å². The Balaban J connectivity index is 1.49. The molecule has 8 nitrogen and oxygen atoms in total. The third-order valence-corrected chi connectivity index (χ3v) is 6.26. The van der Waals surface area contributed by atoms with Crippen molar-refractivity contribution in [2.75, 3.05) is 26.7 Å². The summed E-state index contributed by atoms with van der Waals surface area (Å²) in [4.78, 5) is 51.6. The van der Waals surface area contributed by atoms with Gasteiger partial charge < -0.3 is 15.1 Å². The number of carbonyl (C=O) groups is 4. The van der Waals surface area contributed by atoms with Gasteiger partial charge in [0.05, 0.1) is 6.54 Å². The lowest BCUT2D eigenvalue weighted by Gasteiger charge is -2.32. The number of benzene rings is 1. The smallest absolute Gasteiger partial charge is 0.255 e. The second kappa shape index (κ2) is 8.14. The number of likely N-dealkylation sites (tertiary alicyclic amines) is 1. The minimum Gasteiger partial charge on any atom is -0.342 e. The van der Waals surface area contributed by atoms with E-state index in [2.05, 4.69) is 10.6 Å². The largest absolute Gasteiger partial charge is 0.342 e. The third kappa shape index (κ3) is 3.69. The van der Waals surface area contributed by atoms with E-state index in [1.165, 1.54) is 11.0 Å². The average Bonchev–Trinajstić information content (AvgIpc) is 3.03. The van der Waals surface area contributed by atoms with Gasteiger partial charge in [-0.05, 0) is 49.4 Å². The average molecular weight is 416 g/mol. The molecule has 0 bridgehead atoms. The first-order chi connectivity index (χ1) is 14.4. The molecule has 1 aromatic rings. The van der Waals surface area contributed by atoms with Gasteiger partial charge in [0.2, 0.25) is 17.7 Å². The molecule has 4 rings (SSSR count). The van der Waals surface area contributed by atoms with Gasteiger partial charge in [-0.3, -0.25) is 24.5 Å². The first kappa shape index (κ1) is 20.5. The van der Waals surface area contributed by atoms with Crippen LogP contribution in [0.3, 0.4) is 0 Å². The number of hydrogen-bond acceptors (Lipinski definition) is 5. The minimum absolute atomic E-state index is 0.0197. The van der Waals surface area contributed by atoms with Crippen LogP contribution in [0.25, 0.3) is 0 Å². The van der Waals surface area contributed by atoms with E-state index in [1.54, 1.807) is 18.0 Å². The molecule has 3 aliphatic heterocycles. The number of piperidine rings is 2. The number of nitrogens with zero attached hydrogens (tertiary/aromatic N) is 2. The highest BCUT2D eigenvalue weighted by molar-refractivity contribution is 6.05. The van der Waals surface area contributed by atoms with Gasteiger partial charge >= 0.3 is 0 Å². The molecule has 160 valence electrons. The molecule has 0 spiro atoms. The Morgan fingerprint density at radius 1 is 1.20 bits per heavy atom. The number of carbonyl (C=O) groups excluding carboxylic acids is 4. The van der Waals surface area contributed by atoms with Crippen molar-refractivity contribution in [2.24, 2.45) is 0 Å². The lowest BCUT2D eigenvalue weighted by atomic mass is 9.87. The topological polar surface area (TPSA) is 98.8 Å². The lowest BCUT2D eigenvalue weighted by molar-refractivity contribution is -0.137. The molecule has 1 atom stereocenters. The molecular formula is C21H25FN4O4. The van der Waals surface area contributed by atoms with Gasteiger partial charge in [-0.1, -0.05) is 6.07 Å². The molecule has 0 aliphatic carbocycles. The van der Waals surface area contributed by atoms with Crippen molar-refractivity contribution in [3.63, 3.8) is 0 Å². The second-order valence-corrected chi connectivity index (χ2v) is 8.12. The van der Waals surface area contributed by atoms with E-state index in [9.17, 15) is 23.6 Å². The zero-order valence-corrected chi connectivity index (χ0v) is 16.9. The van der Waals surface area contributed by atoms with E-state index in [1.807, 2.05) is 0 Å². The Morgan fingerprint density at radius 3 is 2.60 bits per heavy atom. The number of hydrogen-bond donors (Lipinski definition) is 2. The number of amides is 4.